The number of hydrogen-bond donors (Lipinski definition) is 1. The van der Waals surface area contributed by atoms with Crippen LogP contribution in [0.4, 0.5) is 0 Å². The highest BCUT2D eigenvalue weighted by molar-refractivity contribution is 5.67. The molecule has 110 valence electrons. The monoisotopic (exact) mass is 267 g/mol. The van der Waals surface area contributed by atoms with E-state index in [0.29, 0.717) is 29.2 Å². The van der Waals surface area contributed by atoms with Crippen LogP contribution in [-0.4, -0.2) is 35.1 Å². The molecule has 19 heavy (non-hydrogen) atoms. The molecule has 1 heterocycles. The lowest BCUT2D eigenvalue weighted by Gasteiger charge is -2.48. The fourth-order valence-corrected chi connectivity index (χ4v) is 4.65. The smallest absolute Gasteiger partial charge is 0.303 e. The minimum Gasteiger partial charge on any atom is -0.481 e. The van der Waals surface area contributed by atoms with Crippen LogP contribution in [0.25, 0.3) is 0 Å². The average Bonchev–Trinajstić information content (AvgIpc) is 2.59. The van der Waals surface area contributed by atoms with E-state index in [4.69, 9.17) is 5.11 Å². The molecule has 0 aromatic heterocycles. The van der Waals surface area contributed by atoms with E-state index in [-0.39, 0.29) is 0 Å². The maximum atomic E-state index is 10.8. The van der Waals surface area contributed by atoms with Crippen LogP contribution < -0.4 is 0 Å². The van der Waals surface area contributed by atoms with Crippen molar-refractivity contribution >= 4 is 5.97 Å². The van der Waals surface area contributed by atoms with Gasteiger partial charge < -0.3 is 10.0 Å². The Morgan fingerprint density at radius 3 is 2.32 bits per heavy atom. The number of carboxylic acid groups (broad SMARTS) is 1. The maximum Gasteiger partial charge on any atom is 0.303 e. The van der Waals surface area contributed by atoms with Crippen molar-refractivity contribution < 1.29 is 9.90 Å². The lowest BCUT2D eigenvalue weighted by Crippen LogP contribution is -2.45. The van der Waals surface area contributed by atoms with Crippen LogP contribution in [0.5, 0.6) is 0 Å². The molecule has 0 aromatic carbocycles. The summed E-state index contributed by atoms with van der Waals surface area (Å²) in [5, 5.41) is 8.92. The first-order valence-electron chi connectivity index (χ1n) is 7.63. The average molecular weight is 267 g/mol. The highest BCUT2D eigenvalue weighted by Gasteiger charge is 2.42. The second-order valence-corrected chi connectivity index (χ2v) is 8.31. The van der Waals surface area contributed by atoms with Gasteiger partial charge in [-0.05, 0) is 49.0 Å². The molecule has 0 bridgehead atoms. The van der Waals surface area contributed by atoms with E-state index in [1.54, 1.807) is 0 Å². The van der Waals surface area contributed by atoms with Crippen molar-refractivity contribution in [3.63, 3.8) is 0 Å². The minimum atomic E-state index is -0.642. The zero-order chi connectivity index (χ0) is 14.3. The molecule has 2 rings (SSSR count). The second kappa shape index (κ2) is 5.08. The van der Waals surface area contributed by atoms with Gasteiger partial charge in [0, 0.05) is 19.0 Å². The van der Waals surface area contributed by atoms with E-state index in [1.807, 2.05) is 0 Å². The van der Waals surface area contributed by atoms with Gasteiger partial charge in [0.2, 0.25) is 0 Å². The molecule has 2 aliphatic rings. The van der Waals surface area contributed by atoms with Crippen LogP contribution in [0.2, 0.25) is 0 Å². The van der Waals surface area contributed by atoms with E-state index < -0.39 is 5.97 Å². The predicted molar refractivity (Wildman–Crippen MR) is 77.1 cm³/mol. The number of carbonyl (C=O) groups is 1. The minimum absolute atomic E-state index is 0.343. The molecule has 3 heteroatoms. The zero-order valence-electron chi connectivity index (χ0n) is 12.9. The van der Waals surface area contributed by atoms with Crippen LogP contribution in [0.15, 0.2) is 0 Å². The molecule has 0 amide bonds. The van der Waals surface area contributed by atoms with Crippen LogP contribution >= 0.6 is 0 Å². The molecule has 0 spiro atoms. The number of carboxylic acids is 1. The SMILES string of the molecule is CC1(C)CC(N2CCC(CC(=O)O)C2)CC(C)(C)C1. The van der Waals surface area contributed by atoms with Crippen molar-refractivity contribution in [3.05, 3.63) is 0 Å². The van der Waals surface area contributed by atoms with E-state index in [0.717, 1.165) is 19.5 Å². The van der Waals surface area contributed by atoms with Gasteiger partial charge in [0.25, 0.3) is 0 Å². The summed E-state index contributed by atoms with van der Waals surface area (Å²) in [7, 11) is 0. The normalized spacial score (nSPS) is 31.5. The Kier molecular flexibility index (Phi) is 3.97. The van der Waals surface area contributed by atoms with Crippen LogP contribution in [-0.2, 0) is 4.79 Å². The molecule has 0 aromatic rings. The predicted octanol–water partition coefficient (Wildman–Crippen LogP) is 3.39. The Morgan fingerprint density at radius 1 is 1.21 bits per heavy atom. The van der Waals surface area contributed by atoms with Gasteiger partial charge in [0.05, 0.1) is 0 Å². The number of rotatable bonds is 3. The molecule has 3 nitrogen and oxygen atoms in total. The number of nitrogens with zero attached hydrogens (tertiary/aromatic N) is 1. The molecule has 0 radical (unpaired) electrons. The number of aliphatic carboxylic acids is 1. The van der Waals surface area contributed by atoms with E-state index in [9.17, 15) is 4.79 Å². The van der Waals surface area contributed by atoms with Crippen molar-refractivity contribution in [2.45, 2.75) is 65.8 Å². The molecule has 1 aliphatic carbocycles. The topological polar surface area (TPSA) is 40.5 Å². The van der Waals surface area contributed by atoms with Crippen LogP contribution in [0, 0.1) is 16.7 Å². The number of hydrogen-bond acceptors (Lipinski definition) is 2. The fraction of sp³-hybridized carbons (Fsp3) is 0.938. The Morgan fingerprint density at radius 2 is 1.79 bits per heavy atom. The summed E-state index contributed by atoms with van der Waals surface area (Å²) in [6.45, 7) is 11.6. The quantitative estimate of drug-likeness (QED) is 0.852. The molecular weight excluding hydrogens is 238 g/mol. The molecular formula is C16H29NO2. The maximum absolute atomic E-state index is 10.8. The fourth-order valence-electron chi connectivity index (χ4n) is 4.65. The summed E-state index contributed by atoms with van der Waals surface area (Å²) in [5.74, 6) is -0.276. The highest BCUT2D eigenvalue weighted by atomic mass is 16.4. The Labute approximate surface area is 117 Å². The summed E-state index contributed by atoms with van der Waals surface area (Å²) in [5.41, 5.74) is 0.828. The van der Waals surface area contributed by atoms with Crippen molar-refractivity contribution in [2.75, 3.05) is 13.1 Å². The van der Waals surface area contributed by atoms with Gasteiger partial charge in [0.1, 0.15) is 0 Å². The number of likely N-dealkylation sites (tertiary alicyclic amines) is 1. The summed E-state index contributed by atoms with van der Waals surface area (Å²) in [6, 6.07) is 0.651. The van der Waals surface area contributed by atoms with Gasteiger partial charge in [-0.3, -0.25) is 4.79 Å². The second-order valence-electron chi connectivity index (χ2n) is 8.31. The first-order chi connectivity index (χ1) is 8.67. The third kappa shape index (κ3) is 3.95. The van der Waals surface area contributed by atoms with Gasteiger partial charge in [-0.25, -0.2) is 0 Å². The largest absolute Gasteiger partial charge is 0.481 e. The van der Waals surface area contributed by atoms with Crippen molar-refractivity contribution in [2.24, 2.45) is 16.7 Å². The lowest BCUT2D eigenvalue weighted by molar-refractivity contribution is -0.138. The molecule has 1 aliphatic heterocycles. The summed E-state index contributed by atoms with van der Waals surface area (Å²) in [4.78, 5) is 13.4. The summed E-state index contributed by atoms with van der Waals surface area (Å²) < 4.78 is 0. The van der Waals surface area contributed by atoms with Crippen molar-refractivity contribution in [1.29, 1.82) is 0 Å². The third-order valence-electron chi connectivity index (χ3n) is 4.83. The van der Waals surface area contributed by atoms with Gasteiger partial charge >= 0.3 is 5.97 Å². The van der Waals surface area contributed by atoms with Crippen molar-refractivity contribution in [3.8, 4) is 0 Å². The zero-order valence-corrected chi connectivity index (χ0v) is 12.9. The third-order valence-corrected chi connectivity index (χ3v) is 4.83. The highest BCUT2D eigenvalue weighted by Crippen LogP contribution is 2.47. The first-order valence-corrected chi connectivity index (χ1v) is 7.63. The molecule has 1 unspecified atom stereocenters. The van der Waals surface area contributed by atoms with E-state index in [2.05, 4.69) is 32.6 Å². The summed E-state index contributed by atoms with van der Waals surface area (Å²) in [6.07, 6.45) is 5.22. The Bertz CT molecular complexity index is 333. The van der Waals surface area contributed by atoms with Crippen LogP contribution in [0.3, 0.4) is 0 Å². The van der Waals surface area contributed by atoms with Gasteiger partial charge in [-0.15, -0.1) is 0 Å². The van der Waals surface area contributed by atoms with Gasteiger partial charge in [-0.2, -0.15) is 0 Å². The van der Waals surface area contributed by atoms with E-state index in [1.165, 1.54) is 19.3 Å². The molecule has 1 N–H and O–H groups in total. The van der Waals surface area contributed by atoms with Gasteiger partial charge in [0.15, 0.2) is 0 Å². The molecule has 1 saturated heterocycles. The molecule has 1 saturated carbocycles. The Balaban J connectivity index is 1.97. The Hall–Kier alpha value is -0.570. The molecule has 1 atom stereocenters. The lowest BCUT2D eigenvalue weighted by atomic mass is 9.63. The van der Waals surface area contributed by atoms with Crippen LogP contribution in [0.1, 0.15) is 59.8 Å². The standard InChI is InChI=1S/C16H29NO2/c1-15(2)8-13(9-16(3,4)11-15)17-6-5-12(10-17)7-14(18)19/h12-13H,5-11H2,1-4H3,(H,18,19). The molecule has 2 fully saturated rings. The first kappa shape index (κ1) is 14.8. The summed E-state index contributed by atoms with van der Waals surface area (Å²) >= 11 is 0. The van der Waals surface area contributed by atoms with Gasteiger partial charge in [-0.1, -0.05) is 27.7 Å². The van der Waals surface area contributed by atoms with E-state index >= 15 is 0 Å². The van der Waals surface area contributed by atoms with Crippen molar-refractivity contribution in [1.82, 2.24) is 4.90 Å².